The van der Waals surface area contributed by atoms with E-state index in [9.17, 15) is 4.79 Å². The zero-order valence-corrected chi connectivity index (χ0v) is 14.0. The highest BCUT2D eigenvalue weighted by Crippen LogP contribution is 2.26. The van der Waals surface area contributed by atoms with Crippen LogP contribution < -0.4 is 10.6 Å². The quantitative estimate of drug-likeness (QED) is 0.845. The number of hydrogen-bond acceptors (Lipinski definition) is 2. The predicted octanol–water partition coefficient (Wildman–Crippen LogP) is 3.23. The number of nitrogens with one attached hydrogen (secondary N) is 2. The van der Waals surface area contributed by atoms with Gasteiger partial charge in [-0.25, -0.2) is 0 Å². The largest absolute Gasteiger partial charge is 0.354 e. The van der Waals surface area contributed by atoms with Crippen LogP contribution in [0.1, 0.15) is 32.3 Å². The van der Waals surface area contributed by atoms with E-state index in [2.05, 4.69) is 10.6 Å². The summed E-state index contributed by atoms with van der Waals surface area (Å²) in [5.41, 5.74) is 0.970. The monoisotopic (exact) mass is 318 g/mol. The average molecular weight is 319 g/mol. The standard InChI is InChI=1S/C15H23ClN2O.ClH/c1-10(2)14(12-6-5-7-13(16)8-12)15(19)18-9-11(3)17-4;/h5-8,10-11,14,17H,9H2,1-4H3,(H,18,19);1H. The minimum Gasteiger partial charge on any atom is -0.354 e. The molecule has 1 amide bonds. The molecular weight excluding hydrogens is 295 g/mol. The van der Waals surface area contributed by atoms with Crippen molar-refractivity contribution in [2.75, 3.05) is 13.6 Å². The molecule has 5 heteroatoms. The Morgan fingerprint density at radius 2 is 1.95 bits per heavy atom. The Morgan fingerprint density at radius 3 is 2.45 bits per heavy atom. The number of likely N-dealkylation sites (N-methyl/N-ethyl adjacent to an activating group) is 1. The first-order valence-electron chi connectivity index (χ1n) is 6.66. The highest BCUT2D eigenvalue weighted by atomic mass is 35.5. The summed E-state index contributed by atoms with van der Waals surface area (Å²) in [6.45, 7) is 6.75. The number of hydrogen-bond donors (Lipinski definition) is 2. The second-order valence-electron chi connectivity index (χ2n) is 5.21. The molecule has 0 saturated heterocycles. The van der Waals surface area contributed by atoms with Crippen molar-refractivity contribution in [1.29, 1.82) is 0 Å². The van der Waals surface area contributed by atoms with Gasteiger partial charge in [0.1, 0.15) is 0 Å². The van der Waals surface area contributed by atoms with Crippen molar-refractivity contribution in [3.63, 3.8) is 0 Å². The lowest BCUT2D eigenvalue weighted by atomic mass is 9.87. The van der Waals surface area contributed by atoms with Crippen molar-refractivity contribution < 1.29 is 4.79 Å². The van der Waals surface area contributed by atoms with E-state index in [1.54, 1.807) is 0 Å². The minimum atomic E-state index is -0.164. The summed E-state index contributed by atoms with van der Waals surface area (Å²) in [5.74, 6) is 0.116. The van der Waals surface area contributed by atoms with Gasteiger partial charge in [-0.15, -0.1) is 12.4 Å². The van der Waals surface area contributed by atoms with Crippen molar-refractivity contribution in [2.24, 2.45) is 5.92 Å². The molecule has 2 unspecified atom stereocenters. The summed E-state index contributed by atoms with van der Waals surface area (Å²) in [4.78, 5) is 12.3. The second kappa shape index (κ2) is 9.22. The fourth-order valence-corrected chi connectivity index (χ4v) is 2.20. The van der Waals surface area contributed by atoms with Gasteiger partial charge in [0.25, 0.3) is 0 Å². The highest BCUT2D eigenvalue weighted by Gasteiger charge is 2.24. The molecule has 1 rings (SSSR count). The van der Waals surface area contributed by atoms with Crippen LogP contribution in [0.4, 0.5) is 0 Å². The van der Waals surface area contributed by atoms with Gasteiger partial charge in [-0.3, -0.25) is 4.79 Å². The van der Waals surface area contributed by atoms with Crippen LogP contribution in [-0.4, -0.2) is 25.5 Å². The molecular formula is C15H24Cl2N2O. The molecule has 114 valence electrons. The normalized spacial score (nSPS) is 13.5. The number of amides is 1. The topological polar surface area (TPSA) is 41.1 Å². The lowest BCUT2D eigenvalue weighted by Gasteiger charge is -2.22. The van der Waals surface area contributed by atoms with Gasteiger partial charge in [0.15, 0.2) is 0 Å². The molecule has 2 atom stereocenters. The number of benzene rings is 1. The summed E-state index contributed by atoms with van der Waals surface area (Å²) in [7, 11) is 1.88. The van der Waals surface area contributed by atoms with Gasteiger partial charge in [-0.2, -0.15) is 0 Å². The number of halogens is 2. The van der Waals surface area contributed by atoms with Gasteiger partial charge in [-0.05, 0) is 37.6 Å². The van der Waals surface area contributed by atoms with E-state index in [1.165, 1.54) is 0 Å². The maximum atomic E-state index is 12.3. The summed E-state index contributed by atoms with van der Waals surface area (Å²) in [6, 6.07) is 7.79. The van der Waals surface area contributed by atoms with Crippen LogP contribution in [0.25, 0.3) is 0 Å². The van der Waals surface area contributed by atoms with Crippen LogP contribution in [0.5, 0.6) is 0 Å². The van der Waals surface area contributed by atoms with E-state index < -0.39 is 0 Å². The van der Waals surface area contributed by atoms with E-state index in [0.717, 1.165) is 5.56 Å². The summed E-state index contributed by atoms with van der Waals surface area (Å²) in [5, 5.41) is 6.76. The number of rotatable bonds is 6. The number of carbonyl (C=O) groups is 1. The first kappa shape index (κ1) is 19.2. The summed E-state index contributed by atoms with van der Waals surface area (Å²) >= 11 is 6.01. The molecule has 0 heterocycles. The molecule has 0 spiro atoms. The van der Waals surface area contributed by atoms with E-state index in [0.29, 0.717) is 11.6 Å². The third-order valence-electron chi connectivity index (χ3n) is 3.23. The van der Waals surface area contributed by atoms with Gasteiger partial charge in [-0.1, -0.05) is 37.6 Å². The molecule has 0 fully saturated rings. The lowest BCUT2D eigenvalue weighted by molar-refractivity contribution is -0.123. The van der Waals surface area contributed by atoms with E-state index in [1.807, 2.05) is 52.1 Å². The molecule has 0 bridgehead atoms. The predicted molar refractivity (Wildman–Crippen MR) is 87.8 cm³/mol. The van der Waals surface area contributed by atoms with Crippen LogP contribution in [-0.2, 0) is 4.79 Å². The Hall–Kier alpha value is -0.770. The fraction of sp³-hybridized carbons (Fsp3) is 0.533. The maximum absolute atomic E-state index is 12.3. The molecule has 2 N–H and O–H groups in total. The zero-order chi connectivity index (χ0) is 14.4. The summed E-state index contributed by atoms with van der Waals surface area (Å²) in [6.07, 6.45) is 0. The first-order chi connectivity index (χ1) is 8.95. The molecule has 3 nitrogen and oxygen atoms in total. The van der Waals surface area contributed by atoms with Gasteiger partial charge in [0, 0.05) is 17.6 Å². The van der Waals surface area contributed by atoms with E-state index >= 15 is 0 Å². The molecule has 0 aliphatic carbocycles. The van der Waals surface area contributed by atoms with E-state index in [-0.39, 0.29) is 36.2 Å². The zero-order valence-electron chi connectivity index (χ0n) is 12.4. The Morgan fingerprint density at radius 1 is 1.30 bits per heavy atom. The van der Waals surface area contributed by atoms with Gasteiger partial charge >= 0.3 is 0 Å². The van der Waals surface area contributed by atoms with Crippen molar-refractivity contribution in [1.82, 2.24) is 10.6 Å². The van der Waals surface area contributed by atoms with Crippen LogP contribution in [0.3, 0.4) is 0 Å². The van der Waals surface area contributed by atoms with Gasteiger partial charge in [0.05, 0.1) is 5.92 Å². The van der Waals surface area contributed by atoms with Gasteiger partial charge < -0.3 is 10.6 Å². The molecule has 0 radical (unpaired) electrons. The Kier molecular flexibility index (Phi) is 8.86. The first-order valence-corrected chi connectivity index (χ1v) is 7.04. The van der Waals surface area contributed by atoms with Crippen LogP contribution >= 0.6 is 24.0 Å². The molecule has 0 aromatic heterocycles. The van der Waals surface area contributed by atoms with Crippen LogP contribution in [0, 0.1) is 5.92 Å². The minimum absolute atomic E-state index is 0. The second-order valence-corrected chi connectivity index (χ2v) is 5.65. The van der Waals surface area contributed by atoms with Crippen LogP contribution in [0.15, 0.2) is 24.3 Å². The highest BCUT2D eigenvalue weighted by molar-refractivity contribution is 6.30. The fourth-order valence-electron chi connectivity index (χ4n) is 2.00. The summed E-state index contributed by atoms with van der Waals surface area (Å²) < 4.78 is 0. The Bertz CT molecular complexity index is 424. The maximum Gasteiger partial charge on any atom is 0.227 e. The molecule has 0 saturated carbocycles. The van der Waals surface area contributed by atoms with E-state index in [4.69, 9.17) is 11.6 Å². The molecule has 0 aliphatic heterocycles. The lowest BCUT2D eigenvalue weighted by Crippen LogP contribution is -2.40. The molecule has 1 aromatic rings. The van der Waals surface area contributed by atoms with Crippen LogP contribution in [0.2, 0.25) is 5.02 Å². The van der Waals surface area contributed by atoms with Crippen molar-refractivity contribution >= 4 is 29.9 Å². The number of carbonyl (C=O) groups excluding carboxylic acids is 1. The molecule has 1 aromatic carbocycles. The Labute approximate surface area is 132 Å². The molecule has 20 heavy (non-hydrogen) atoms. The Balaban J connectivity index is 0.00000361. The van der Waals surface area contributed by atoms with Crippen molar-refractivity contribution in [2.45, 2.75) is 32.7 Å². The van der Waals surface area contributed by atoms with Crippen molar-refractivity contribution in [3.05, 3.63) is 34.9 Å². The third kappa shape index (κ3) is 5.70. The third-order valence-corrected chi connectivity index (χ3v) is 3.47. The average Bonchev–Trinajstić information content (AvgIpc) is 2.35. The SMILES string of the molecule is CNC(C)CNC(=O)C(c1cccc(Cl)c1)C(C)C.Cl. The van der Waals surface area contributed by atoms with Gasteiger partial charge in [0.2, 0.25) is 5.91 Å². The smallest absolute Gasteiger partial charge is 0.227 e. The van der Waals surface area contributed by atoms with Crippen molar-refractivity contribution in [3.8, 4) is 0 Å². The molecule has 0 aliphatic rings.